The van der Waals surface area contributed by atoms with Crippen molar-refractivity contribution in [3.05, 3.63) is 0 Å². The summed E-state index contributed by atoms with van der Waals surface area (Å²) in [6.07, 6.45) is 1.09. The zero-order chi connectivity index (χ0) is 20.1. The maximum Gasteiger partial charge on any atom is 0.500 e. The highest BCUT2D eigenvalue weighted by molar-refractivity contribution is 6.77. The summed E-state index contributed by atoms with van der Waals surface area (Å²) >= 11 is 0. The van der Waals surface area contributed by atoms with Crippen molar-refractivity contribution in [2.24, 2.45) is 0 Å². The van der Waals surface area contributed by atoms with Gasteiger partial charge in [-0.25, -0.2) is 0 Å². The average Bonchev–Trinajstić information content (AvgIpc) is 2.61. The minimum atomic E-state index is -2.52. The van der Waals surface area contributed by atoms with Crippen molar-refractivity contribution < 1.29 is 13.3 Å². The van der Waals surface area contributed by atoms with Gasteiger partial charge in [0.2, 0.25) is 0 Å². The van der Waals surface area contributed by atoms with Crippen LogP contribution in [-0.2, 0) is 13.3 Å². The molecule has 0 aromatic heterocycles. The maximum absolute atomic E-state index is 6.03. The first-order valence-corrected chi connectivity index (χ1v) is 15.2. The highest BCUT2D eigenvalue weighted by Crippen LogP contribution is 2.26. The lowest BCUT2D eigenvalue weighted by molar-refractivity contribution is 0.0703. The Labute approximate surface area is 165 Å². The molecule has 0 rings (SSSR count). The van der Waals surface area contributed by atoms with E-state index in [0.29, 0.717) is 19.8 Å². The summed E-state index contributed by atoms with van der Waals surface area (Å²) in [5.41, 5.74) is 0. The third-order valence-corrected chi connectivity index (χ3v) is 14.4. The number of nitrogens with zero attached hydrogens (tertiary/aromatic N) is 2. The van der Waals surface area contributed by atoms with Crippen LogP contribution < -0.4 is 0 Å². The van der Waals surface area contributed by atoms with Crippen molar-refractivity contribution in [2.45, 2.75) is 72.1 Å². The molecule has 0 aliphatic rings. The van der Waals surface area contributed by atoms with Crippen LogP contribution in [-0.4, -0.2) is 80.1 Å². The number of rotatable bonds is 17. The molecule has 0 atom stereocenters. The van der Waals surface area contributed by atoms with E-state index in [4.69, 9.17) is 13.3 Å². The Kier molecular flexibility index (Phi) is 14.4. The molecule has 0 aliphatic heterocycles. The summed E-state index contributed by atoms with van der Waals surface area (Å²) in [4.78, 5) is 2.30. The lowest BCUT2D eigenvalue weighted by atomic mass is 10.4. The Hall–Kier alpha value is 0.234. The van der Waals surface area contributed by atoms with Gasteiger partial charge in [0.05, 0.1) is 0 Å². The fourth-order valence-corrected chi connectivity index (χ4v) is 10.5. The topological polar surface area (TPSA) is 34.2 Å². The highest BCUT2D eigenvalue weighted by atomic mass is 28.4. The molecule has 0 fully saturated rings. The quantitative estimate of drug-likeness (QED) is 0.337. The molecule has 0 saturated carbocycles. The summed E-state index contributed by atoms with van der Waals surface area (Å²) in [7, 11) is 0.454. The Bertz CT molecular complexity index is 317. The van der Waals surface area contributed by atoms with Gasteiger partial charge in [-0.3, -0.25) is 0 Å². The SMILES string of the molecule is CCO[Si](CCCN(CCN(C)C)[Si](CC)(CC)CC)(OCC)OCC. The van der Waals surface area contributed by atoms with Crippen molar-refractivity contribution in [1.82, 2.24) is 9.47 Å². The van der Waals surface area contributed by atoms with Gasteiger partial charge in [0.15, 0.2) is 0 Å². The van der Waals surface area contributed by atoms with Gasteiger partial charge >= 0.3 is 8.80 Å². The fourth-order valence-electron chi connectivity index (χ4n) is 3.82. The summed E-state index contributed by atoms with van der Waals surface area (Å²) in [6, 6.07) is 4.91. The van der Waals surface area contributed by atoms with Crippen molar-refractivity contribution in [3.63, 3.8) is 0 Å². The smallest absolute Gasteiger partial charge is 0.374 e. The molecule has 5 nitrogen and oxygen atoms in total. The van der Waals surface area contributed by atoms with Gasteiger partial charge in [-0.2, -0.15) is 0 Å². The Balaban J connectivity index is 5.08. The molecule has 0 heterocycles. The molecule has 0 saturated heterocycles. The first-order valence-electron chi connectivity index (χ1n) is 10.7. The van der Waals surface area contributed by atoms with Crippen LogP contribution in [0.25, 0.3) is 0 Å². The van der Waals surface area contributed by atoms with E-state index in [-0.39, 0.29) is 0 Å². The van der Waals surface area contributed by atoms with Gasteiger partial charge in [-0.1, -0.05) is 20.8 Å². The summed E-state index contributed by atoms with van der Waals surface area (Å²) in [5, 5.41) is 0. The van der Waals surface area contributed by atoms with Crippen molar-refractivity contribution in [3.8, 4) is 0 Å². The standard InChI is InChI=1S/C19H46N2O3Si2/c1-9-22-26(23-10-2,24-11-3)19-15-16-21(18-17-20(7)8)25(12-4,13-5)14-6/h9-19H2,1-8H3. The molecule has 0 aromatic carbocycles. The molecule has 0 unspecified atom stereocenters. The number of likely N-dealkylation sites (N-methyl/N-ethyl adjacent to an activating group) is 1. The van der Waals surface area contributed by atoms with Crippen LogP contribution in [0.4, 0.5) is 0 Å². The molecule has 0 N–H and O–H groups in total. The van der Waals surface area contributed by atoms with Crippen LogP contribution in [0.3, 0.4) is 0 Å². The van der Waals surface area contributed by atoms with E-state index in [1.54, 1.807) is 0 Å². The Morgan fingerprint density at radius 3 is 1.46 bits per heavy atom. The monoisotopic (exact) mass is 406 g/mol. The fraction of sp³-hybridized carbons (Fsp3) is 1.00. The van der Waals surface area contributed by atoms with E-state index < -0.39 is 17.0 Å². The lowest BCUT2D eigenvalue weighted by Crippen LogP contribution is -2.55. The van der Waals surface area contributed by atoms with E-state index in [1.807, 2.05) is 20.8 Å². The molecule has 0 spiro atoms. The van der Waals surface area contributed by atoms with Gasteiger partial charge < -0.3 is 22.7 Å². The summed E-state index contributed by atoms with van der Waals surface area (Å²) < 4.78 is 20.9. The van der Waals surface area contributed by atoms with Gasteiger partial charge in [0.25, 0.3) is 0 Å². The predicted octanol–water partition coefficient (Wildman–Crippen LogP) is 4.29. The van der Waals surface area contributed by atoms with Gasteiger partial charge in [-0.05, 0) is 66.0 Å². The molecular formula is C19H46N2O3Si2. The first-order chi connectivity index (χ1) is 12.4. The van der Waals surface area contributed by atoms with Crippen LogP contribution in [0.2, 0.25) is 24.2 Å². The molecule has 7 heteroatoms. The molecule has 0 aromatic rings. The third-order valence-electron chi connectivity index (χ3n) is 5.47. The van der Waals surface area contributed by atoms with Crippen LogP contribution in [0.15, 0.2) is 0 Å². The molecule has 26 heavy (non-hydrogen) atoms. The van der Waals surface area contributed by atoms with Crippen molar-refractivity contribution >= 4 is 17.0 Å². The molecule has 0 radical (unpaired) electrons. The van der Waals surface area contributed by atoms with Crippen molar-refractivity contribution in [2.75, 3.05) is 53.6 Å². The van der Waals surface area contributed by atoms with E-state index in [0.717, 1.165) is 25.6 Å². The third kappa shape index (κ3) is 8.50. The molecule has 0 bridgehead atoms. The second kappa shape index (κ2) is 14.3. The molecule has 0 amide bonds. The second-order valence-electron chi connectivity index (χ2n) is 7.16. The number of hydrogen-bond acceptors (Lipinski definition) is 5. The van der Waals surface area contributed by atoms with Crippen LogP contribution in [0, 0.1) is 0 Å². The normalized spacial score (nSPS) is 13.2. The van der Waals surface area contributed by atoms with Crippen LogP contribution >= 0.6 is 0 Å². The van der Waals surface area contributed by atoms with E-state index >= 15 is 0 Å². The summed E-state index contributed by atoms with van der Waals surface area (Å²) in [5.74, 6) is 0. The zero-order valence-electron chi connectivity index (χ0n) is 18.9. The van der Waals surface area contributed by atoms with E-state index in [1.165, 1.54) is 24.7 Å². The van der Waals surface area contributed by atoms with E-state index in [2.05, 4.69) is 44.3 Å². The Morgan fingerprint density at radius 1 is 0.654 bits per heavy atom. The average molecular weight is 407 g/mol. The molecular weight excluding hydrogens is 360 g/mol. The van der Waals surface area contributed by atoms with Gasteiger partial charge in [0.1, 0.15) is 8.24 Å². The zero-order valence-corrected chi connectivity index (χ0v) is 20.9. The summed E-state index contributed by atoms with van der Waals surface area (Å²) in [6.45, 7) is 18.7. The maximum atomic E-state index is 6.03. The lowest BCUT2D eigenvalue weighted by Gasteiger charge is -2.42. The molecule has 0 aliphatic carbocycles. The van der Waals surface area contributed by atoms with Crippen LogP contribution in [0.1, 0.15) is 48.0 Å². The Morgan fingerprint density at radius 2 is 1.12 bits per heavy atom. The van der Waals surface area contributed by atoms with Gasteiger partial charge in [0, 0.05) is 39.0 Å². The number of hydrogen-bond donors (Lipinski definition) is 0. The van der Waals surface area contributed by atoms with E-state index in [9.17, 15) is 0 Å². The first kappa shape index (κ1) is 26.2. The minimum absolute atomic E-state index is 0.661. The second-order valence-corrected chi connectivity index (χ2v) is 15.1. The van der Waals surface area contributed by atoms with Crippen LogP contribution in [0.5, 0.6) is 0 Å². The largest absolute Gasteiger partial charge is 0.500 e. The minimum Gasteiger partial charge on any atom is -0.374 e. The predicted molar refractivity (Wildman–Crippen MR) is 117 cm³/mol. The highest BCUT2D eigenvalue weighted by Gasteiger charge is 2.41. The van der Waals surface area contributed by atoms with Crippen molar-refractivity contribution in [1.29, 1.82) is 0 Å². The van der Waals surface area contributed by atoms with Gasteiger partial charge in [-0.15, -0.1) is 0 Å². The molecule has 158 valence electrons.